The molecule has 1 aromatic heterocycles. The smallest absolute Gasteiger partial charge is 0.338 e. The van der Waals surface area contributed by atoms with E-state index in [2.05, 4.69) is 15.5 Å². The van der Waals surface area contributed by atoms with Crippen LogP contribution in [0.25, 0.3) is 5.69 Å². The van der Waals surface area contributed by atoms with Crippen molar-refractivity contribution in [3.63, 3.8) is 0 Å². The molecule has 3 rings (SSSR count). The molecule has 1 atom stereocenters. The molecule has 0 N–H and O–H groups in total. The lowest BCUT2D eigenvalue weighted by Crippen LogP contribution is -2.40. The largest absolute Gasteiger partial charge is 0.449 e. The molecule has 0 aliphatic carbocycles. The summed E-state index contributed by atoms with van der Waals surface area (Å²) in [5.41, 5.74) is 1.62. The number of para-hydroxylation sites is 1. The number of hydrogen-bond acceptors (Lipinski definition) is 7. The Bertz CT molecular complexity index is 997. The van der Waals surface area contributed by atoms with Crippen LogP contribution in [0.3, 0.4) is 0 Å². The SMILES string of the molecule is C[C@@H](OC(=O)c1ccc(-n2cnnn2)cc1)C(=O)N(CCC#N)c1ccccc1. The fourth-order valence-corrected chi connectivity index (χ4v) is 2.66. The highest BCUT2D eigenvalue weighted by atomic mass is 16.5. The number of carbonyl (C=O) groups excluding carboxylic acids is 2. The van der Waals surface area contributed by atoms with Crippen molar-refractivity contribution in [2.75, 3.05) is 11.4 Å². The van der Waals surface area contributed by atoms with E-state index < -0.39 is 18.0 Å². The summed E-state index contributed by atoms with van der Waals surface area (Å²) in [5.74, 6) is -1.02. The zero-order valence-electron chi connectivity index (χ0n) is 15.7. The number of anilines is 1. The Morgan fingerprint density at radius 1 is 1.17 bits per heavy atom. The second-order valence-corrected chi connectivity index (χ2v) is 6.08. The van der Waals surface area contributed by atoms with E-state index in [0.29, 0.717) is 16.9 Å². The Kier molecular flexibility index (Phi) is 6.27. The van der Waals surface area contributed by atoms with Crippen molar-refractivity contribution in [3.05, 3.63) is 66.5 Å². The first-order valence-corrected chi connectivity index (χ1v) is 8.88. The molecule has 0 radical (unpaired) electrons. The summed E-state index contributed by atoms with van der Waals surface area (Å²) in [6.45, 7) is 1.72. The Hall–Kier alpha value is -4.06. The highest BCUT2D eigenvalue weighted by Crippen LogP contribution is 2.17. The minimum absolute atomic E-state index is 0.167. The van der Waals surface area contributed by atoms with Gasteiger partial charge in [0.25, 0.3) is 5.91 Å². The van der Waals surface area contributed by atoms with Crippen LogP contribution in [0.5, 0.6) is 0 Å². The highest BCUT2D eigenvalue weighted by Gasteiger charge is 2.25. The fourth-order valence-electron chi connectivity index (χ4n) is 2.66. The van der Waals surface area contributed by atoms with Crippen LogP contribution in [0.1, 0.15) is 23.7 Å². The molecule has 0 aliphatic rings. The second kappa shape index (κ2) is 9.23. The van der Waals surface area contributed by atoms with Gasteiger partial charge in [-0.2, -0.15) is 5.26 Å². The average molecular weight is 390 g/mol. The van der Waals surface area contributed by atoms with Gasteiger partial charge in [-0.1, -0.05) is 18.2 Å². The number of aromatic nitrogens is 4. The lowest BCUT2D eigenvalue weighted by molar-refractivity contribution is -0.126. The molecule has 0 aliphatic heterocycles. The van der Waals surface area contributed by atoms with Crippen LogP contribution in [0.2, 0.25) is 0 Å². The summed E-state index contributed by atoms with van der Waals surface area (Å²) in [5, 5.41) is 19.8. The van der Waals surface area contributed by atoms with Gasteiger partial charge in [-0.15, -0.1) is 5.10 Å². The molecule has 1 amide bonds. The molecule has 9 nitrogen and oxygen atoms in total. The Balaban J connectivity index is 1.68. The van der Waals surface area contributed by atoms with E-state index in [4.69, 9.17) is 10.00 Å². The van der Waals surface area contributed by atoms with Crippen LogP contribution >= 0.6 is 0 Å². The summed E-state index contributed by atoms with van der Waals surface area (Å²) in [6.07, 6.45) is 0.591. The van der Waals surface area contributed by atoms with Crippen molar-refractivity contribution in [2.45, 2.75) is 19.4 Å². The van der Waals surface area contributed by atoms with Gasteiger partial charge in [-0.05, 0) is 53.7 Å². The number of carbonyl (C=O) groups is 2. The maximum Gasteiger partial charge on any atom is 0.338 e. The molecule has 0 unspecified atom stereocenters. The van der Waals surface area contributed by atoms with Crippen molar-refractivity contribution < 1.29 is 14.3 Å². The summed E-state index contributed by atoms with van der Waals surface area (Å²) in [6, 6.07) is 17.5. The van der Waals surface area contributed by atoms with Crippen molar-refractivity contribution in [3.8, 4) is 11.8 Å². The molecular formula is C20H18N6O3. The van der Waals surface area contributed by atoms with Gasteiger partial charge in [0.05, 0.1) is 23.7 Å². The highest BCUT2D eigenvalue weighted by molar-refractivity contribution is 5.99. The lowest BCUT2D eigenvalue weighted by Gasteiger charge is -2.25. The predicted octanol–water partition coefficient (Wildman–Crippen LogP) is 2.15. The van der Waals surface area contributed by atoms with Crippen molar-refractivity contribution in [2.24, 2.45) is 0 Å². The first-order chi connectivity index (χ1) is 14.1. The number of amides is 1. The zero-order valence-corrected chi connectivity index (χ0v) is 15.7. The summed E-state index contributed by atoms with van der Waals surface area (Å²) >= 11 is 0. The quantitative estimate of drug-likeness (QED) is 0.568. The molecule has 0 bridgehead atoms. The van der Waals surface area contributed by atoms with Crippen molar-refractivity contribution >= 4 is 17.6 Å². The Morgan fingerprint density at radius 2 is 1.90 bits per heavy atom. The number of nitrogens with zero attached hydrogens (tertiary/aromatic N) is 6. The number of hydrogen-bond donors (Lipinski definition) is 0. The van der Waals surface area contributed by atoms with E-state index in [9.17, 15) is 9.59 Å². The Labute approximate surface area is 167 Å². The number of esters is 1. The van der Waals surface area contributed by atoms with Crippen LogP contribution < -0.4 is 4.90 Å². The maximum atomic E-state index is 12.8. The first-order valence-electron chi connectivity index (χ1n) is 8.88. The van der Waals surface area contributed by atoms with E-state index in [1.54, 1.807) is 48.5 Å². The van der Waals surface area contributed by atoms with Gasteiger partial charge >= 0.3 is 5.97 Å². The fraction of sp³-hybridized carbons (Fsp3) is 0.200. The molecule has 0 saturated carbocycles. The van der Waals surface area contributed by atoms with E-state index in [1.165, 1.54) is 22.8 Å². The number of rotatable bonds is 7. The molecule has 3 aromatic rings. The zero-order chi connectivity index (χ0) is 20.6. The molecule has 0 fully saturated rings. The first kappa shape index (κ1) is 19.7. The van der Waals surface area contributed by atoms with E-state index >= 15 is 0 Å². The lowest BCUT2D eigenvalue weighted by atomic mass is 10.2. The number of nitriles is 1. The molecule has 0 saturated heterocycles. The third-order valence-electron chi connectivity index (χ3n) is 4.13. The minimum Gasteiger partial charge on any atom is -0.449 e. The molecule has 0 spiro atoms. The van der Waals surface area contributed by atoms with Gasteiger partial charge in [0.15, 0.2) is 6.10 Å². The topological polar surface area (TPSA) is 114 Å². The Morgan fingerprint density at radius 3 is 2.52 bits per heavy atom. The van der Waals surface area contributed by atoms with E-state index in [0.717, 1.165) is 0 Å². The van der Waals surface area contributed by atoms with Crippen LogP contribution in [0.15, 0.2) is 60.9 Å². The van der Waals surface area contributed by atoms with Gasteiger partial charge in [0.1, 0.15) is 6.33 Å². The van der Waals surface area contributed by atoms with Gasteiger partial charge in [-0.25, -0.2) is 9.48 Å². The second-order valence-electron chi connectivity index (χ2n) is 6.08. The molecule has 1 heterocycles. The molecule has 2 aromatic carbocycles. The van der Waals surface area contributed by atoms with E-state index in [1.807, 2.05) is 12.1 Å². The van der Waals surface area contributed by atoms with Crippen molar-refractivity contribution in [1.29, 1.82) is 5.26 Å². The van der Waals surface area contributed by atoms with Gasteiger partial charge in [0.2, 0.25) is 0 Å². The molecular weight excluding hydrogens is 372 g/mol. The molecule has 29 heavy (non-hydrogen) atoms. The normalized spacial score (nSPS) is 11.3. The standard InChI is InChI=1S/C20H18N6O3/c1-15(19(27)25(13-5-12-21)17-6-3-2-4-7-17)29-20(28)16-8-10-18(11-9-16)26-14-22-23-24-26/h2-4,6-11,14-15H,5,13H2,1H3/t15-/m1/s1. The summed E-state index contributed by atoms with van der Waals surface area (Å²) in [4.78, 5) is 26.7. The van der Waals surface area contributed by atoms with Gasteiger partial charge in [0, 0.05) is 12.2 Å². The number of ether oxygens (including phenoxy) is 1. The predicted molar refractivity (Wildman–Crippen MR) is 103 cm³/mol. The third kappa shape index (κ3) is 4.81. The summed E-state index contributed by atoms with van der Waals surface area (Å²) < 4.78 is 6.80. The van der Waals surface area contributed by atoms with Gasteiger partial charge in [-0.3, -0.25) is 4.79 Å². The monoisotopic (exact) mass is 390 g/mol. The number of tetrazole rings is 1. The summed E-state index contributed by atoms with van der Waals surface area (Å²) in [7, 11) is 0. The van der Waals surface area contributed by atoms with Crippen LogP contribution in [-0.4, -0.2) is 44.7 Å². The minimum atomic E-state index is -1.01. The average Bonchev–Trinajstić information content (AvgIpc) is 3.29. The van der Waals surface area contributed by atoms with Crippen LogP contribution in [0, 0.1) is 11.3 Å². The molecule has 146 valence electrons. The van der Waals surface area contributed by atoms with Gasteiger partial charge < -0.3 is 9.64 Å². The third-order valence-corrected chi connectivity index (χ3v) is 4.13. The number of benzene rings is 2. The molecule has 9 heteroatoms. The van der Waals surface area contributed by atoms with Crippen LogP contribution in [0.4, 0.5) is 5.69 Å². The van der Waals surface area contributed by atoms with Crippen LogP contribution in [-0.2, 0) is 9.53 Å². The van der Waals surface area contributed by atoms with E-state index in [-0.39, 0.29) is 13.0 Å². The maximum absolute atomic E-state index is 12.8. The van der Waals surface area contributed by atoms with Crippen molar-refractivity contribution in [1.82, 2.24) is 20.2 Å².